The molecule has 2 heterocycles. The Balaban J connectivity index is 1.57. The maximum Gasteiger partial charge on any atom is 0.243 e. The second kappa shape index (κ2) is 8.09. The molecule has 0 unspecified atom stereocenters. The third-order valence-electron chi connectivity index (χ3n) is 3.94. The molecule has 1 aliphatic heterocycles. The Morgan fingerprint density at radius 1 is 1.16 bits per heavy atom. The van der Waals surface area contributed by atoms with Gasteiger partial charge in [-0.15, -0.1) is 11.3 Å². The highest BCUT2D eigenvalue weighted by Gasteiger charge is 2.26. The van der Waals surface area contributed by atoms with Gasteiger partial charge in [-0.25, -0.2) is 8.42 Å². The van der Waals surface area contributed by atoms with Crippen molar-refractivity contribution in [3.63, 3.8) is 0 Å². The summed E-state index contributed by atoms with van der Waals surface area (Å²) in [5.74, 6) is -0.0486. The topological polar surface area (TPSA) is 75.7 Å². The number of hydrogen-bond acceptors (Lipinski definition) is 5. The van der Waals surface area contributed by atoms with E-state index in [1.54, 1.807) is 35.6 Å². The number of nitrogens with one attached hydrogen (secondary N) is 1. The van der Waals surface area contributed by atoms with Crippen LogP contribution >= 0.6 is 11.3 Å². The van der Waals surface area contributed by atoms with Crippen molar-refractivity contribution in [2.75, 3.05) is 26.3 Å². The van der Waals surface area contributed by atoms with Gasteiger partial charge in [-0.1, -0.05) is 18.2 Å². The van der Waals surface area contributed by atoms with Gasteiger partial charge >= 0.3 is 0 Å². The first kappa shape index (κ1) is 18.1. The van der Waals surface area contributed by atoms with Crippen LogP contribution in [0, 0.1) is 0 Å². The molecule has 0 bridgehead atoms. The van der Waals surface area contributed by atoms with Gasteiger partial charge in [-0.2, -0.15) is 4.31 Å². The average Bonchev–Trinajstić information content (AvgIpc) is 3.14. The molecule has 1 aromatic carbocycles. The molecule has 25 heavy (non-hydrogen) atoms. The molecule has 3 rings (SSSR count). The number of ether oxygens (including phenoxy) is 1. The summed E-state index contributed by atoms with van der Waals surface area (Å²) < 4.78 is 31.7. The Hall–Kier alpha value is -1.74. The standard InChI is InChI=1S/C17H20N2O4S2/c20-17(12-15-2-1-11-24-15)18-13-14-3-5-16(6-4-14)25(21,22)19-7-9-23-10-8-19/h1-6,11H,7-10,12-13H2,(H,18,20). The first-order valence-electron chi connectivity index (χ1n) is 8.01. The molecular formula is C17H20N2O4S2. The van der Waals surface area contributed by atoms with E-state index in [4.69, 9.17) is 4.74 Å². The lowest BCUT2D eigenvalue weighted by atomic mass is 10.2. The van der Waals surface area contributed by atoms with Gasteiger partial charge < -0.3 is 10.1 Å². The van der Waals surface area contributed by atoms with Crippen molar-refractivity contribution in [1.82, 2.24) is 9.62 Å². The summed E-state index contributed by atoms with van der Waals surface area (Å²) in [5.41, 5.74) is 0.862. The van der Waals surface area contributed by atoms with Crippen molar-refractivity contribution in [1.29, 1.82) is 0 Å². The Morgan fingerprint density at radius 3 is 2.52 bits per heavy atom. The van der Waals surface area contributed by atoms with Crippen LogP contribution in [0.2, 0.25) is 0 Å². The van der Waals surface area contributed by atoms with Crippen LogP contribution < -0.4 is 5.32 Å². The molecule has 0 aliphatic carbocycles. The molecule has 0 spiro atoms. The smallest absolute Gasteiger partial charge is 0.243 e. The van der Waals surface area contributed by atoms with E-state index in [1.807, 2.05) is 17.5 Å². The Labute approximate surface area is 151 Å². The molecule has 6 nitrogen and oxygen atoms in total. The second-order valence-corrected chi connectivity index (χ2v) is 8.66. The van der Waals surface area contributed by atoms with Crippen molar-refractivity contribution in [2.24, 2.45) is 0 Å². The van der Waals surface area contributed by atoms with Gasteiger partial charge in [-0.05, 0) is 29.1 Å². The highest BCUT2D eigenvalue weighted by molar-refractivity contribution is 7.89. The summed E-state index contributed by atoms with van der Waals surface area (Å²) >= 11 is 1.55. The zero-order valence-corrected chi connectivity index (χ0v) is 15.3. The number of nitrogens with zero attached hydrogens (tertiary/aromatic N) is 1. The van der Waals surface area contributed by atoms with E-state index in [0.717, 1.165) is 10.4 Å². The van der Waals surface area contributed by atoms with Crippen LogP contribution in [0.4, 0.5) is 0 Å². The number of morpholine rings is 1. The molecule has 2 aromatic rings. The minimum absolute atomic E-state index is 0.0486. The zero-order valence-electron chi connectivity index (χ0n) is 13.7. The lowest BCUT2D eigenvalue weighted by molar-refractivity contribution is -0.120. The maximum atomic E-state index is 12.5. The van der Waals surface area contributed by atoms with E-state index in [1.165, 1.54) is 4.31 Å². The third-order valence-corrected chi connectivity index (χ3v) is 6.73. The van der Waals surface area contributed by atoms with Crippen molar-refractivity contribution in [3.8, 4) is 0 Å². The fourth-order valence-corrected chi connectivity index (χ4v) is 4.66. The number of rotatable bonds is 6. The number of benzene rings is 1. The second-order valence-electron chi connectivity index (χ2n) is 5.69. The summed E-state index contributed by atoms with van der Waals surface area (Å²) in [6.45, 7) is 1.98. The molecule has 8 heteroatoms. The number of sulfonamides is 1. The molecule has 134 valence electrons. The number of carbonyl (C=O) groups excluding carboxylic acids is 1. The molecule has 1 N–H and O–H groups in total. The number of hydrogen-bond donors (Lipinski definition) is 1. The van der Waals surface area contributed by atoms with Gasteiger partial charge in [0, 0.05) is 24.5 Å². The van der Waals surface area contributed by atoms with Crippen LogP contribution in [-0.4, -0.2) is 44.9 Å². The van der Waals surface area contributed by atoms with E-state index < -0.39 is 10.0 Å². The lowest BCUT2D eigenvalue weighted by Gasteiger charge is -2.26. The van der Waals surface area contributed by atoms with Crippen LogP contribution in [0.5, 0.6) is 0 Å². The van der Waals surface area contributed by atoms with Crippen molar-refractivity contribution in [2.45, 2.75) is 17.9 Å². The number of amides is 1. The van der Waals surface area contributed by atoms with Gasteiger partial charge in [0.2, 0.25) is 15.9 Å². The molecule has 1 aliphatic rings. The number of thiophene rings is 1. The lowest BCUT2D eigenvalue weighted by Crippen LogP contribution is -2.40. The fraction of sp³-hybridized carbons (Fsp3) is 0.353. The summed E-state index contributed by atoms with van der Waals surface area (Å²) in [5, 5.41) is 4.79. The molecule has 1 aromatic heterocycles. The predicted octanol–water partition coefficient (Wildman–Crippen LogP) is 1.63. The van der Waals surface area contributed by atoms with Gasteiger partial charge in [0.05, 0.1) is 24.5 Å². The molecule has 0 radical (unpaired) electrons. The minimum atomic E-state index is -3.48. The van der Waals surface area contributed by atoms with Crippen LogP contribution in [0.1, 0.15) is 10.4 Å². The van der Waals surface area contributed by atoms with E-state index in [-0.39, 0.29) is 10.8 Å². The van der Waals surface area contributed by atoms with Crippen molar-refractivity contribution in [3.05, 3.63) is 52.2 Å². The predicted molar refractivity (Wildman–Crippen MR) is 95.9 cm³/mol. The van der Waals surface area contributed by atoms with Crippen LogP contribution in [0.25, 0.3) is 0 Å². The SMILES string of the molecule is O=C(Cc1cccs1)NCc1ccc(S(=O)(=O)N2CCOCC2)cc1. The molecule has 1 saturated heterocycles. The summed E-state index contributed by atoms with van der Waals surface area (Å²) in [4.78, 5) is 13.2. The zero-order chi connectivity index (χ0) is 17.7. The molecule has 1 amide bonds. The molecular weight excluding hydrogens is 360 g/mol. The van der Waals surface area contributed by atoms with E-state index in [2.05, 4.69) is 5.32 Å². The van der Waals surface area contributed by atoms with Gasteiger partial charge in [-0.3, -0.25) is 4.79 Å². The highest BCUT2D eigenvalue weighted by Crippen LogP contribution is 2.17. The first-order chi connectivity index (χ1) is 12.1. The van der Waals surface area contributed by atoms with Gasteiger partial charge in [0.25, 0.3) is 0 Å². The first-order valence-corrected chi connectivity index (χ1v) is 10.3. The fourth-order valence-electron chi connectivity index (χ4n) is 2.55. The van der Waals surface area contributed by atoms with E-state index in [9.17, 15) is 13.2 Å². The van der Waals surface area contributed by atoms with Crippen molar-refractivity contribution < 1.29 is 17.9 Å². The number of carbonyl (C=O) groups is 1. The molecule has 0 atom stereocenters. The van der Waals surface area contributed by atoms with E-state index in [0.29, 0.717) is 39.3 Å². The van der Waals surface area contributed by atoms with E-state index >= 15 is 0 Å². The van der Waals surface area contributed by atoms with Crippen molar-refractivity contribution >= 4 is 27.3 Å². The average molecular weight is 380 g/mol. The summed E-state index contributed by atoms with van der Waals surface area (Å²) in [6, 6.07) is 10.5. The van der Waals surface area contributed by atoms with Crippen LogP contribution in [0.3, 0.4) is 0 Å². The third kappa shape index (κ3) is 4.66. The maximum absolute atomic E-state index is 12.5. The normalized spacial score (nSPS) is 15.8. The monoisotopic (exact) mass is 380 g/mol. The minimum Gasteiger partial charge on any atom is -0.379 e. The van der Waals surface area contributed by atoms with Gasteiger partial charge in [0.1, 0.15) is 0 Å². The molecule has 1 fully saturated rings. The Morgan fingerprint density at radius 2 is 1.88 bits per heavy atom. The van der Waals surface area contributed by atoms with Crippen LogP contribution in [-0.2, 0) is 32.5 Å². The van der Waals surface area contributed by atoms with Crippen LogP contribution in [0.15, 0.2) is 46.7 Å². The summed E-state index contributed by atoms with van der Waals surface area (Å²) in [6.07, 6.45) is 0.362. The Kier molecular flexibility index (Phi) is 5.85. The quantitative estimate of drug-likeness (QED) is 0.826. The Bertz CT molecular complexity index is 796. The van der Waals surface area contributed by atoms with Gasteiger partial charge in [0.15, 0.2) is 0 Å². The summed E-state index contributed by atoms with van der Waals surface area (Å²) in [7, 11) is -3.48. The molecule has 0 saturated carbocycles. The largest absolute Gasteiger partial charge is 0.379 e. The highest BCUT2D eigenvalue weighted by atomic mass is 32.2.